The van der Waals surface area contributed by atoms with Crippen LogP contribution in [0, 0.1) is 0 Å². The van der Waals surface area contributed by atoms with Gasteiger partial charge in [-0.2, -0.15) is 0 Å². The molecule has 2 aromatic heterocycles. The summed E-state index contributed by atoms with van der Waals surface area (Å²) in [5.41, 5.74) is 1.45. The highest BCUT2D eigenvalue weighted by Gasteiger charge is 2.22. The van der Waals surface area contributed by atoms with Crippen molar-refractivity contribution in [2.75, 3.05) is 7.05 Å². The summed E-state index contributed by atoms with van der Waals surface area (Å²) in [4.78, 5) is 32.1. The molecule has 2 heterocycles. The maximum atomic E-state index is 12.8. The number of thiazole rings is 1. The number of aryl methyl sites for hydroxylation is 1. The molecular weight excluding hydrogens is 310 g/mol. The lowest BCUT2D eigenvalue weighted by Gasteiger charge is -2.18. The lowest BCUT2D eigenvalue weighted by molar-refractivity contribution is 0.0781. The average Bonchev–Trinajstić information content (AvgIpc) is 3.03. The van der Waals surface area contributed by atoms with E-state index >= 15 is 0 Å². The summed E-state index contributed by atoms with van der Waals surface area (Å²) in [6, 6.07) is 9.70. The van der Waals surface area contributed by atoms with Gasteiger partial charge >= 0.3 is 0 Å². The summed E-state index contributed by atoms with van der Waals surface area (Å²) in [6.45, 7) is 2.36. The fourth-order valence-electron chi connectivity index (χ4n) is 2.51. The summed E-state index contributed by atoms with van der Waals surface area (Å²) >= 11 is 1.39. The molecule has 0 aliphatic heterocycles. The predicted octanol–water partition coefficient (Wildman–Crippen LogP) is 2.59. The van der Waals surface area contributed by atoms with Gasteiger partial charge in [-0.1, -0.05) is 37.3 Å². The van der Waals surface area contributed by atoms with E-state index in [2.05, 4.69) is 4.98 Å². The van der Waals surface area contributed by atoms with Gasteiger partial charge in [0.05, 0.1) is 5.69 Å². The Kier molecular flexibility index (Phi) is 4.25. The molecule has 0 aliphatic rings. The zero-order valence-corrected chi connectivity index (χ0v) is 13.8. The van der Waals surface area contributed by atoms with Gasteiger partial charge in [-0.05, 0) is 12.0 Å². The van der Waals surface area contributed by atoms with E-state index in [1.54, 1.807) is 23.5 Å². The molecule has 6 heteroatoms. The van der Waals surface area contributed by atoms with Crippen molar-refractivity contribution in [2.24, 2.45) is 0 Å². The third-order valence-corrected chi connectivity index (χ3v) is 4.46. The maximum Gasteiger partial charge on any atom is 0.271 e. The standard InChI is InChI=1S/C17H17N3O2S/c1-3-13-14(16(22)20-9-10-23-17(20)18-13)15(21)19(2)11-12-7-5-4-6-8-12/h4-10H,3,11H2,1-2H3. The van der Waals surface area contributed by atoms with Gasteiger partial charge in [0.2, 0.25) is 0 Å². The van der Waals surface area contributed by atoms with E-state index in [4.69, 9.17) is 0 Å². The summed E-state index contributed by atoms with van der Waals surface area (Å²) in [7, 11) is 1.71. The van der Waals surface area contributed by atoms with Crippen LogP contribution >= 0.6 is 11.3 Å². The minimum atomic E-state index is -0.294. The van der Waals surface area contributed by atoms with E-state index in [9.17, 15) is 9.59 Å². The Balaban J connectivity index is 1.99. The second kappa shape index (κ2) is 6.34. The number of nitrogens with zero attached hydrogens (tertiary/aromatic N) is 3. The monoisotopic (exact) mass is 327 g/mol. The first kappa shape index (κ1) is 15.4. The Bertz CT molecular complexity index is 899. The number of hydrogen-bond donors (Lipinski definition) is 0. The third kappa shape index (κ3) is 2.90. The first-order valence-corrected chi connectivity index (χ1v) is 8.28. The van der Waals surface area contributed by atoms with Crippen molar-refractivity contribution in [1.82, 2.24) is 14.3 Å². The summed E-state index contributed by atoms with van der Waals surface area (Å²) < 4.78 is 1.44. The number of carbonyl (C=O) groups excluding carboxylic acids is 1. The van der Waals surface area contributed by atoms with Gasteiger partial charge < -0.3 is 4.90 Å². The van der Waals surface area contributed by atoms with E-state index in [1.807, 2.05) is 37.3 Å². The summed E-state index contributed by atoms with van der Waals surface area (Å²) in [5.74, 6) is -0.288. The van der Waals surface area contributed by atoms with E-state index in [1.165, 1.54) is 15.7 Å². The molecule has 0 saturated heterocycles. The summed E-state index contributed by atoms with van der Waals surface area (Å²) in [5, 5.41) is 1.80. The number of carbonyl (C=O) groups is 1. The second-order valence-corrected chi connectivity index (χ2v) is 6.17. The molecule has 0 N–H and O–H groups in total. The van der Waals surface area contributed by atoms with Crippen molar-refractivity contribution in [3.8, 4) is 0 Å². The van der Waals surface area contributed by atoms with Crippen LogP contribution in [0.3, 0.4) is 0 Å². The van der Waals surface area contributed by atoms with E-state index in [-0.39, 0.29) is 17.0 Å². The van der Waals surface area contributed by atoms with E-state index in [0.29, 0.717) is 23.6 Å². The molecule has 0 radical (unpaired) electrons. The zero-order valence-electron chi connectivity index (χ0n) is 13.0. The fraction of sp³-hybridized carbons (Fsp3) is 0.235. The molecule has 0 atom stereocenters. The largest absolute Gasteiger partial charge is 0.337 e. The molecule has 1 aromatic carbocycles. The molecule has 118 valence electrons. The number of aromatic nitrogens is 2. The van der Waals surface area contributed by atoms with Crippen molar-refractivity contribution in [3.63, 3.8) is 0 Å². The zero-order chi connectivity index (χ0) is 16.4. The first-order valence-electron chi connectivity index (χ1n) is 7.40. The van der Waals surface area contributed by atoms with Crippen LogP contribution in [0.15, 0.2) is 46.7 Å². The van der Waals surface area contributed by atoms with Crippen molar-refractivity contribution in [3.05, 3.63) is 69.1 Å². The van der Waals surface area contributed by atoms with E-state index < -0.39 is 0 Å². The molecule has 5 nitrogen and oxygen atoms in total. The average molecular weight is 327 g/mol. The molecular formula is C17H17N3O2S. The topological polar surface area (TPSA) is 54.7 Å². The highest BCUT2D eigenvalue weighted by atomic mass is 32.1. The Morgan fingerprint density at radius 2 is 2.04 bits per heavy atom. The molecule has 23 heavy (non-hydrogen) atoms. The highest BCUT2D eigenvalue weighted by Crippen LogP contribution is 2.13. The first-order chi connectivity index (χ1) is 11.1. The SMILES string of the molecule is CCc1nc2sccn2c(=O)c1C(=O)N(C)Cc1ccccc1. The molecule has 3 aromatic rings. The summed E-state index contributed by atoms with van der Waals surface area (Å²) in [6.07, 6.45) is 2.20. The number of hydrogen-bond acceptors (Lipinski definition) is 4. The van der Waals surface area contributed by atoms with Gasteiger partial charge in [0.1, 0.15) is 5.56 Å². The van der Waals surface area contributed by atoms with Gasteiger partial charge in [0.15, 0.2) is 4.96 Å². The number of amides is 1. The Hall–Kier alpha value is -2.47. The van der Waals surface area contributed by atoms with Gasteiger partial charge in [-0.3, -0.25) is 14.0 Å². The van der Waals surface area contributed by atoms with Crippen molar-refractivity contribution >= 4 is 22.2 Å². The van der Waals surface area contributed by atoms with E-state index in [0.717, 1.165) is 5.56 Å². The van der Waals surface area contributed by atoms with Crippen LogP contribution in [0.1, 0.15) is 28.5 Å². The normalized spacial score (nSPS) is 10.9. The van der Waals surface area contributed by atoms with Crippen LogP contribution in [0.5, 0.6) is 0 Å². The van der Waals surface area contributed by atoms with Crippen LogP contribution in [0.4, 0.5) is 0 Å². The minimum Gasteiger partial charge on any atom is -0.337 e. The number of rotatable bonds is 4. The molecule has 3 rings (SSSR count). The van der Waals surface area contributed by atoms with Crippen LogP contribution < -0.4 is 5.56 Å². The lowest BCUT2D eigenvalue weighted by atomic mass is 10.1. The van der Waals surface area contributed by atoms with Gasteiger partial charge in [-0.25, -0.2) is 4.98 Å². The van der Waals surface area contributed by atoms with Crippen LogP contribution in [0.2, 0.25) is 0 Å². The maximum absolute atomic E-state index is 12.8. The minimum absolute atomic E-state index is 0.168. The van der Waals surface area contributed by atoms with Crippen LogP contribution in [-0.2, 0) is 13.0 Å². The van der Waals surface area contributed by atoms with Gasteiger partial charge in [0, 0.05) is 25.2 Å². The fourth-order valence-corrected chi connectivity index (χ4v) is 3.24. The Morgan fingerprint density at radius 3 is 2.74 bits per heavy atom. The lowest BCUT2D eigenvalue weighted by Crippen LogP contribution is -2.34. The number of fused-ring (bicyclic) bond motifs is 1. The Morgan fingerprint density at radius 1 is 1.30 bits per heavy atom. The molecule has 0 saturated carbocycles. The number of benzene rings is 1. The smallest absolute Gasteiger partial charge is 0.271 e. The van der Waals surface area contributed by atoms with Crippen LogP contribution in [0.25, 0.3) is 4.96 Å². The van der Waals surface area contributed by atoms with Gasteiger partial charge in [-0.15, -0.1) is 11.3 Å². The predicted molar refractivity (Wildman–Crippen MR) is 91.0 cm³/mol. The molecule has 0 unspecified atom stereocenters. The van der Waals surface area contributed by atoms with Crippen molar-refractivity contribution < 1.29 is 4.79 Å². The molecule has 0 bridgehead atoms. The highest BCUT2D eigenvalue weighted by molar-refractivity contribution is 7.15. The van der Waals surface area contributed by atoms with Crippen molar-refractivity contribution in [2.45, 2.75) is 19.9 Å². The van der Waals surface area contributed by atoms with Crippen molar-refractivity contribution in [1.29, 1.82) is 0 Å². The van der Waals surface area contributed by atoms with Gasteiger partial charge in [0.25, 0.3) is 11.5 Å². The molecule has 1 amide bonds. The Labute approximate surface area is 137 Å². The quantitative estimate of drug-likeness (QED) is 0.740. The third-order valence-electron chi connectivity index (χ3n) is 3.70. The molecule has 0 fully saturated rings. The van der Waals surface area contributed by atoms with Crippen LogP contribution in [-0.4, -0.2) is 27.2 Å². The second-order valence-electron chi connectivity index (χ2n) is 5.29. The molecule has 0 spiro atoms. The molecule has 0 aliphatic carbocycles.